The van der Waals surface area contributed by atoms with Crippen LogP contribution in [0.3, 0.4) is 0 Å². The van der Waals surface area contributed by atoms with Crippen molar-refractivity contribution in [2.45, 2.75) is 13.1 Å². The maximum absolute atomic E-state index is 12.9. The highest BCUT2D eigenvalue weighted by atomic mass is 32.1. The number of anilines is 1. The number of pyridine rings is 1. The fraction of sp³-hybridized carbons (Fsp3) is 0.0769. The predicted octanol–water partition coefficient (Wildman–Crippen LogP) is 7.25. The molecule has 0 aliphatic heterocycles. The van der Waals surface area contributed by atoms with E-state index in [-0.39, 0.29) is 5.91 Å². The van der Waals surface area contributed by atoms with E-state index in [9.17, 15) is 18.0 Å². The summed E-state index contributed by atoms with van der Waals surface area (Å²) in [6, 6.07) is 16.3. The molecule has 2 aromatic carbocycles. The summed E-state index contributed by atoms with van der Waals surface area (Å²) >= 11 is 1.53. The lowest BCUT2D eigenvalue weighted by atomic mass is 10.0. The van der Waals surface area contributed by atoms with E-state index < -0.39 is 11.7 Å². The van der Waals surface area contributed by atoms with Crippen LogP contribution in [0.15, 0.2) is 91.3 Å². The third-order valence-electron chi connectivity index (χ3n) is 4.98. The lowest BCUT2D eigenvalue weighted by Gasteiger charge is -2.09. The van der Waals surface area contributed by atoms with E-state index in [1.54, 1.807) is 24.5 Å². The second-order valence-electron chi connectivity index (χ2n) is 7.32. The molecule has 1 N–H and O–H groups in total. The lowest BCUT2D eigenvalue weighted by Crippen LogP contribution is -2.08. The van der Waals surface area contributed by atoms with Crippen LogP contribution >= 0.6 is 11.3 Å². The van der Waals surface area contributed by atoms with Gasteiger partial charge in [0.15, 0.2) is 0 Å². The van der Waals surface area contributed by atoms with Gasteiger partial charge >= 0.3 is 6.18 Å². The van der Waals surface area contributed by atoms with Crippen molar-refractivity contribution in [3.63, 3.8) is 0 Å². The quantitative estimate of drug-likeness (QED) is 0.250. The average Bonchev–Trinajstić information content (AvgIpc) is 3.22. The molecule has 0 unspecified atom stereocenters. The van der Waals surface area contributed by atoms with Crippen LogP contribution in [0.4, 0.5) is 18.9 Å². The zero-order valence-electron chi connectivity index (χ0n) is 17.6. The first-order valence-corrected chi connectivity index (χ1v) is 10.9. The maximum Gasteiger partial charge on any atom is 0.416 e. The first kappa shape index (κ1) is 22.5. The number of halogens is 3. The van der Waals surface area contributed by atoms with Crippen LogP contribution in [0.25, 0.3) is 16.3 Å². The molecule has 33 heavy (non-hydrogen) atoms. The van der Waals surface area contributed by atoms with Gasteiger partial charge in [-0.1, -0.05) is 36.4 Å². The van der Waals surface area contributed by atoms with E-state index in [0.29, 0.717) is 11.3 Å². The average molecular weight is 465 g/mol. The zero-order chi connectivity index (χ0) is 23.4. The molecule has 4 aromatic rings. The summed E-state index contributed by atoms with van der Waals surface area (Å²) < 4.78 is 38.8. The van der Waals surface area contributed by atoms with Gasteiger partial charge in [0, 0.05) is 44.7 Å². The van der Waals surface area contributed by atoms with Gasteiger partial charge in [0.1, 0.15) is 0 Å². The molecule has 4 rings (SSSR count). The Balaban J connectivity index is 1.59. The minimum atomic E-state index is -4.39. The molecule has 0 saturated heterocycles. The number of allylic oxidation sites excluding steroid dienone is 2. The number of benzene rings is 2. The smallest absolute Gasteiger partial charge is 0.322 e. The number of carbonyl (C=O) groups is 1. The van der Waals surface area contributed by atoms with E-state index >= 15 is 0 Å². The van der Waals surface area contributed by atoms with Gasteiger partial charge in [-0.05, 0) is 54.5 Å². The van der Waals surface area contributed by atoms with Gasteiger partial charge in [-0.3, -0.25) is 9.78 Å². The van der Waals surface area contributed by atoms with Crippen LogP contribution in [-0.4, -0.2) is 10.9 Å². The number of thiophene rings is 1. The third kappa shape index (κ3) is 5.38. The van der Waals surface area contributed by atoms with Gasteiger partial charge in [0.2, 0.25) is 5.91 Å². The van der Waals surface area contributed by atoms with Crippen molar-refractivity contribution >= 4 is 39.3 Å². The van der Waals surface area contributed by atoms with Crippen molar-refractivity contribution in [1.29, 1.82) is 0 Å². The predicted molar refractivity (Wildman–Crippen MR) is 127 cm³/mol. The number of nitrogens with zero attached hydrogens (tertiary/aromatic N) is 1. The summed E-state index contributed by atoms with van der Waals surface area (Å²) in [6.07, 6.45) is 3.73. The summed E-state index contributed by atoms with van der Waals surface area (Å²) in [5.74, 6) is -0.315. The molecule has 0 aliphatic carbocycles. The lowest BCUT2D eigenvalue weighted by molar-refractivity contribution is -0.137. The van der Waals surface area contributed by atoms with Crippen LogP contribution in [-0.2, 0) is 11.0 Å². The van der Waals surface area contributed by atoms with Crippen LogP contribution in [0, 0.1) is 6.92 Å². The number of fused-ring (bicyclic) bond motifs is 1. The molecular formula is C26H19F3N2OS. The second-order valence-corrected chi connectivity index (χ2v) is 8.60. The zero-order valence-corrected chi connectivity index (χ0v) is 18.4. The summed E-state index contributed by atoms with van der Waals surface area (Å²) in [5.41, 5.74) is 1.34. The Kier molecular flexibility index (Phi) is 6.42. The molecule has 0 atom stereocenters. The minimum absolute atomic E-state index is 0.315. The SMILES string of the molecule is Cc1ccc(/C(=C\C=C\C(=O)Nc2cccc3cnccc23)c2ccc(C(F)(F)F)cc2)s1. The topological polar surface area (TPSA) is 42.0 Å². The van der Waals surface area contributed by atoms with E-state index in [2.05, 4.69) is 10.3 Å². The Labute approximate surface area is 192 Å². The highest BCUT2D eigenvalue weighted by Gasteiger charge is 2.30. The summed E-state index contributed by atoms with van der Waals surface area (Å²) in [6.45, 7) is 1.96. The summed E-state index contributed by atoms with van der Waals surface area (Å²) in [7, 11) is 0. The van der Waals surface area contributed by atoms with Crippen LogP contribution in [0.1, 0.15) is 20.9 Å². The van der Waals surface area contributed by atoms with Crippen molar-refractivity contribution < 1.29 is 18.0 Å². The number of hydrogen-bond donors (Lipinski definition) is 1. The molecule has 2 aromatic heterocycles. The fourth-order valence-corrected chi connectivity index (χ4v) is 4.29. The molecule has 2 heterocycles. The first-order valence-electron chi connectivity index (χ1n) is 10.1. The Morgan fingerprint density at radius 3 is 2.52 bits per heavy atom. The number of aryl methyl sites for hydroxylation is 1. The van der Waals surface area contributed by atoms with Gasteiger partial charge in [0.05, 0.1) is 5.56 Å². The fourth-order valence-electron chi connectivity index (χ4n) is 3.38. The highest BCUT2D eigenvalue weighted by Crippen LogP contribution is 2.33. The molecular weight excluding hydrogens is 445 g/mol. The molecule has 0 spiro atoms. The van der Waals surface area contributed by atoms with Gasteiger partial charge in [-0.25, -0.2) is 0 Å². The first-order chi connectivity index (χ1) is 15.8. The number of hydrogen-bond acceptors (Lipinski definition) is 3. The molecule has 0 radical (unpaired) electrons. The number of aromatic nitrogens is 1. The van der Waals surface area contributed by atoms with E-state index in [4.69, 9.17) is 0 Å². The highest BCUT2D eigenvalue weighted by molar-refractivity contribution is 7.13. The largest absolute Gasteiger partial charge is 0.416 e. The van der Waals surface area contributed by atoms with Crippen molar-refractivity contribution in [2.24, 2.45) is 0 Å². The minimum Gasteiger partial charge on any atom is -0.322 e. The van der Waals surface area contributed by atoms with Gasteiger partial charge in [0.25, 0.3) is 0 Å². The van der Waals surface area contributed by atoms with Gasteiger partial charge in [-0.2, -0.15) is 13.2 Å². The maximum atomic E-state index is 12.9. The summed E-state index contributed by atoms with van der Waals surface area (Å²) in [4.78, 5) is 18.6. The van der Waals surface area contributed by atoms with Crippen LogP contribution in [0.5, 0.6) is 0 Å². The molecule has 0 aliphatic rings. The molecule has 0 saturated carbocycles. The summed E-state index contributed by atoms with van der Waals surface area (Å²) in [5, 5.41) is 4.65. The van der Waals surface area contributed by atoms with E-state index in [1.165, 1.54) is 29.5 Å². The number of nitrogens with one attached hydrogen (secondary N) is 1. The standard InChI is InChI=1S/C26H19F3N2OS/c1-17-8-13-24(33-17)22(18-9-11-20(12-10-18)26(27,28)29)5-3-7-25(32)31-23-6-2-4-19-16-30-15-14-21(19)23/h2-16H,1H3,(H,31,32)/b7-3+,22-5-. The van der Waals surface area contributed by atoms with Crippen molar-refractivity contribution in [1.82, 2.24) is 4.98 Å². The molecule has 0 fully saturated rings. The van der Waals surface area contributed by atoms with Crippen LogP contribution < -0.4 is 5.32 Å². The number of amides is 1. The number of rotatable bonds is 5. The van der Waals surface area contributed by atoms with Gasteiger partial charge in [-0.15, -0.1) is 11.3 Å². The second kappa shape index (κ2) is 9.42. The normalized spacial score (nSPS) is 12.4. The Bertz CT molecular complexity index is 1350. The van der Waals surface area contributed by atoms with E-state index in [1.807, 2.05) is 43.3 Å². The van der Waals surface area contributed by atoms with E-state index in [0.717, 1.165) is 38.2 Å². The number of carbonyl (C=O) groups excluding carboxylic acids is 1. The molecule has 0 bridgehead atoms. The Morgan fingerprint density at radius 2 is 1.82 bits per heavy atom. The molecule has 7 heteroatoms. The van der Waals surface area contributed by atoms with Crippen molar-refractivity contribution in [3.8, 4) is 0 Å². The van der Waals surface area contributed by atoms with Crippen molar-refractivity contribution in [2.75, 3.05) is 5.32 Å². The monoisotopic (exact) mass is 464 g/mol. The van der Waals surface area contributed by atoms with Crippen LogP contribution in [0.2, 0.25) is 0 Å². The Hall–Kier alpha value is -3.71. The molecule has 1 amide bonds. The third-order valence-corrected chi connectivity index (χ3v) is 6.01. The van der Waals surface area contributed by atoms with Crippen molar-refractivity contribution in [3.05, 3.63) is 112 Å². The molecule has 3 nitrogen and oxygen atoms in total. The molecule has 166 valence electrons. The Morgan fingerprint density at radius 1 is 1.03 bits per heavy atom. The van der Waals surface area contributed by atoms with Gasteiger partial charge < -0.3 is 5.32 Å². The number of alkyl halides is 3.